The van der Waals surface area contributed by atoms with Crippen LogP contribution in [0.25, 0.3) is 0 Å². The van der Waals surface area contributed by atoms with Crippen LogP contribution < -0.4 is 21.2 Å². The second-order valence-electron chi connectivity index (χ2n) is 6.76. The molecule has 0 aliphatic rings. The van der Waals surface area contributed by atoms with E-state index >= 15 is 0 Å². The molecule has 2 rings (SSSR count). The average molecular weight is 411 g/mol. The van der Waals surface area contributed by atoms with Gasteiger partial charge in [0, 0.05) is 0 Å². The number of aryl methyl sites for hydroxylation is 1. The summed E-state index contributed by atoms with van der Waals surface area (Å²) in [5.41, 5.74) is 1.62. The zero-order chi connectivity index (χ0) is 16.2. The van der Waals surface area contributed by atoms with Crippen molar-refractivity contribution < 1.29 is 31.4 Å². The zero-order valence-electron chi connectivity index (χ0n) is 13.4. The van der Waals surface area contributed by atoms with Crippen LogP contribution in [0.3, 0.4) is 0 Å². The molecule has 0 atom stereocenters. The van der Waals surface area contributed by atoms with E-state index in [4.69, 9.17) is 0 Å². The summed E-state index contributed by atoms with van der Waals surface area (Å²) < 4.78 is 2.63. The Labute approximate surface area is 143 Å². The standard InChI is InChI=1S/C19H24IO2/c1-19(2,3)12-4-5-14-13-17(22)10-11-18(14)20-15-6-8-16(21)9-7-15/h6-11,13,21-22H,4-5,12H2,1-3H3/q-1. The van der Waals surface area contributed by atoms with E-state index < -0.39 is 0 Å². The molecule has 2 nitrogen and oxygen atoms in total. The summed E-state index contributed by atoms with van der Waals surface area (Å²) in [5, 5.41) is 19.2. The molecular formula is C19H24IO2-. The van der Waals surface area contributed by atoms with Crippen molar-refractivity contribution in [1.29, 1.82) is 0 Å². The number of phenols is 2. The molecule has 0 fully saturated rings. The maximum absolute atomic E-state index is 9.78. The minimum atomic E-state index is -0.287. The molecule has 0 bridgehead atoms. The molecule has 0 aliphatic carbocycles. The number of halogens is 1. The van der Waals surface area contributed by atoms with E-state index in [0.29, 0.717) is 16.9 Å². The molecule has 0 unspecified atom stereocenters. The van der Waals surface area contributed by atoms with Gasteiger partial charge in [0.2, 0.25) is 0 Å². The summed E-state index contributed by atoms with van der Waals surface area (Å²) >= 11 is -0.287. The topological polar surface area (TPSA) is 40.5 Å². The molecule has 22 heavy (non-hydrogen) atoms. The molecule has 0 heterocycles. The molecule has 0 radical (unpaired) electrons. The van der Waals surface area contributed by atoms with E-state index in [1.807, 2.05) is 18.2 Å². The van der Waals surface area contributed by atoms with Gasteiger partial charge in [0.1, 0.15) is 0 Å². The molecule has 0 saturated carbocycles. The van der Waals surface area contributed by atoms with Crippen LogP contribution in [0.4, 0.5) is 0 Å². The van der Waals surface area contributed by atoms with Crippen LogP contribution in [0.15, 0.2) is 42.5 Å². The monoisotopic (exact) mass is 411 g/mol. The third kappa shape index (κ3) is 5.52. The molecule has 0 saturated heterocycles. The third-order valence-electron chi connectivity index (χ3n) is 3.44. The summed E-state index contributed by atoms with van der Waals surface area (Å²) in [6.45, 7) is 6.79. The fourth-order valence-electron chi connectivity index (χ4n) is 2.28. The molecule has 2 aromatic rings. The summed E-state index contributed by atoms with van der Waals surface area (Å²) in [7, 11) is 0. The van der Waals surface area contributed by atoms with Gasteiger partial charge in [-0.2, -0.15) is 0 Å². The van der Waals surface area contributed by atoms with E-state index in [9.17, 15) is 10.2 Å². The van der Waals surface area contributed by atoms with Crippen molar-refractivity contribution in [3.8, 4) is 11.5 Å². The van der Waals surface area contributed by atoms with Crippen LogP contribution in [0, 0.1) is 12.6 Å². The van der Waals surface area contributed by atoms with Gasteiger partial charge in [-0.15, -0.1) is 0 Å². The van der Waals surface area contributed by atoms with Gasteiger partial charge in [0.25, 0.3) is 0 Å². The number of rotatable bonds is 5. The normalized spacial score (nSPS) is 11.8. The number of phenolic OH excluding ortho intramolecular Hbond substituents is 2. The van der Waals surface area contributed by atoms with Gasteiger partial charge in [0.05, 0.1) is 0 Å². The first kappa shape index (κ1) is 17.1. The Kier molecular flexibility index (Phi) is 5.73. The van der Waals surface area contributed by atoms with Crippen molar-refractivity contribution in [2.75, 3.05) is 0 Å². The van der Waals surface area contributed by atoms with Crippen molar-refractivity contribution in [3.63, 3.8) is 0 Å². The van der Waals surface area contributed by atoms with Crippen LogP contribution in [-0.2, 0) is 6.42 Å². The maximum atomic E-state index is 9.78. The van der Waals surface area contributed by atoms with E-state index in [2.05, 4.69) is 26.8 Å². The van der Waals surface area contributed by atoms with Crippen molar-refractivity contribution >= 4 is 0 Å². The van der Waals surface area contributed by atoms with Crippen LogP contribution in [0.1, 0.15) is 39.2 Å². The first-order valence-electron chi connectivity index (χ1n) is 7.59. The second-order valence-corrected chi connectivity index (χ2v) is 9.71. The second kappa shape index (κ2) is 7.36. The van der Waals surface area contributed by atoms with E-state index in [0.717, 1.165) is 12.8 Å². The summed E-state index contributed by atoms with van der Waals surface area (Å²) in [6.07, 6.45) is 3.33. The van der Waals surface area contributed by atoms with Crippen molar-refractivity contribution in [1.82, 2.24) is 0 Å². The van der Waals surface area contributed by atoms with Gasteiger partial charge in [-0.05, 0) is 0 Å². The number of aromatic hydroxyl groups is 2. The van der Waals surface area contributed by atoms with Gasteiger partial charge < -0.3 is 0 Å². The number of hydrogen-bond acceptors (Lipinski definition) is 2. The SMILES string of the molecule is CC(C)(C)CCCc1cc(O)ccc1[I-]c1ccc(O)cc1. The van der Waals surface area contributed by atoms with E-state index in [1.165, 1.54) is 19.1 Å². The zero-order valence-corrected chi connectivity index (χ0v) is 15.6. The Morgan fingerprint density at radius 1 is 0.909 bits per heavy atom. The Morgan fingerprint density at radius 2 is 1.55 bits per heavy atom. The predicted octanol–water partition coefficient (Wildman–Crippen LogP) is 1.59. The quantitative estimate of drug-likeness (QED) is 0.734. The molecular weight excluding hydrogens is 387 g/mol. The average Bonchev–Trinajstić information content (AvgIpc) is 2.43. The van der Waals surface area contributed by atoms with Crippen molar-refractivity contribution in [3.05, 3.63) is 55.2 Å². The van der Waals surface area contributed by atoms with Gasteiger partial charge in [-0.25, -0.2) is 0 Å². The van der Waals surface area contributed by atoms with Gasteiger partial charge in [-0.3, -0.25) is 0 Å². The summed E-state index contributed by atoms with van der Waals surface area (Å²) in [4.78, 5) is 0. The van der Waals surface area contributed by atoms with Crippen molar-refractivity contribution in [2.24, 2.45) is 5.41 Å². The fraction of sp³-hybridized carbons (Fsp3) is 0.368. The van der Waals surface area contributed by atoms with E-state index in [1.54, 1.807) is 18.2 Å². The molecule has 0 amide bonds. The number of hydrogen-bond donors (Lipinski definition) is 2. The molecule has 0 aliphatic heterocycles. The van der Waals surface area contributed by atoms with Gasteiger partial charge in [0.15, 0.2) is 0 Å². The Hall–Kier alpha value is -1.23. The first-order valence-corrected chi connectivity index (χ1v) is 9.75. The summed E-state index contributed by atoms with van der Waals surface area (Å²) in [5.74, 6) is 0.660. The van der Waals surface area contributed by atoms with Crippen molar-refractivity contribution in [2.45, 2.75) is 40.0 Å². The van der Waals surface area contributed by atoms with E-state index in [-0.39, 0.29) is 21.2 Å². The third-order valence-corrected chi connectivity index (χ3v) is 6.42. The fourth-order valence-corrected chi connectivity index (χ4v) is 4.80. The predicted molar refractivity (Wildman–Crippen MR) is 86.0 cm³/mol. The Bertz CT molecular complexity index is 612. The van der Waals surface area contributed by atoms with Gasteiger partial charge in [-0.1, -0.05) is 0 Å². The Morgan fingerprint density at radius 3 is 2.18 bits per heavy atom. The number of benzene rings is 2. The van der Waals surface area contributed by atoms with Crippen LogP contribution in [0.5, 0.6) is 11.5 Å². The molecule has 2 aromatic carbocycles. The molecule has 3 heteroatoms. The van der Waals surface area contributed by atoms with Crippen LogP contribution in [0.2, 0.25) is 0 Å². The van der Waals surface area contributed by atoms with Crippen LogP contribution in [-0.4, -0.2) is 10.2 Å². The molecule has 2 N–H and O–H groups in total. The molecule has 120 valence electrons. The first-order chi connectivity index (χ1) is 10.3. The minimum absolute atomic E-state index is 0.287. The van der Waals surface area contributed by atoms with Gasteiger partial charge >= 0.3 is 144 Å². The summed E-state index contributed by atoms with van der Waals surface area (Å²) in [6, 6.07) is 13.2. The molecule has 0 aromatic heterocycles. The molecule has 0 spiro atoms. The van der Waals surface area contributed by atoms with Crippen LogP contribution >= 0.6 is 0 Å². The Balaban J connectivity index is 2.11.